The van der Waals surface area contributed by atoms with Gasteiger partial charge in [-0.2, -0.15) is 4.98 Å². The van der Waals surface area contributed by atoms with Crippen LogP contribution in [0.2, 0.25) is 0 Å². The predicted molar refractivity (Wildman–Crippen MR) is 94.6 cm³/mol. The normalized spacial score (nSPS) is 11.7. The van der Waals surface area contributed by atoms with Gasteiger partial charge in [0.05, 0.1) is 13.7 Å². The zero-order valence-electron chi connectivity index (χ0n) is 14.8. The number of halogens is 1. The molecule has 8 heteroatoms. The van der Waals surface area contributed by atoms with Crippen molar-refractivity contribution >= 4 is 5.91 Å². The summed E-state index contributed by atoms with van der Waals surface area (Å²) in [7, 11) is 1.57. The Morgan fingerprint density at radius 1 is 1.22 bits per heavy atom. The summed E-state index contributed by atoms with van der Waals surface area (Å²) >= 11 is 0. The van der Waals surface area contributed by atoms with Gasteiger partial charge in [0.2, 0.25) is 11.7 Å². The molecule has 0 aliphatic heterocycles. The minimum absolute atomic E-state index is 0.0624. The van der Waals surface area contributed by atoms with E-state index in [1.165, 1.54) is 24.3 Å². The maximum absolute atomic E-state index is 12.9. The summed E-state index contributed by atoms with van der Waals surface area (Å²) in [5.41, 5.74) is 0.740. The van der Waals surface area contributed by atoms with Crippen LogP contribution in [-0.2, 0) is 11.3 Å². The van der Waals surface area contributed by atoms with Crippen molar-refractivity contribution in [1.82, 2.24) is 15.5 Å². The van der Waals surface area contributed by atoms with E-state index in [0.29, 0.717) is 17.3 Å². The molecule has 2 aromatic carbocycles. The first-order valence-electron chi connectivity index (χ1n) is 8.22. The van der Waals surface area contributed by atoms with Crippen molar-refractivity contribution in [3.8, 4) is 22.9 Å². The molecule has 0 fully saturated rings. The Kier molecular flexibility index (Phi) is 5.65. The van der Waals surface area contributed by atoms with Gasteiger partial charge >= 0.3 is 0 Å². The second-order valence-electron chi connectivity index (χ2n) is 5.68. The first-order valence-corrected chi connectivity index (χ1v) is 8.22. The number of benzene rings is 2. The Balaban J connectivity index is 1.55. The van der Waals surface area contributed by atoms with Gasteiger partial charge in [-0.05, 0) is 43.3 Å². The van der Waals surface area contributed by atoms with E-state index in [0.717, 1.165) is 5.56 Å². The topological polar surface area (TPSA) is 86.5 Å². The fourth-order valence-corrected chi connectivity index (χ4v) is 2.28. The number of hydrogen-bond acceptors (Lipinski definition) is 6. The van der Waals surface area contributed by atoms with Gasteiger partial charge in [0, 0.05) is 5.56 Å². The molecule has 0 aliphatic carbocycles. The van der Waals surface area contributed by atoms with E-state index in [-0.39, 0.29) is 24.2 Å². The molecule has 1 aromatic heterocycles. The summed E-state index contributed by atoms with van der Waals surface area (Å²) in [5.74, 6) is 1.00. The second kappa shape index (κ2) is 8.31. The molecule has 0 saturated heterocycles. The molecule has 3 rings (SSSR count). The Morgan fingerprint density at radius 2 is 2.00 bits per heavy atom. The summed E-state index contributed by atoms with van der Waals surface area (Å²) in [6, 6.07) is 12.7. The maximum atomic E-state index is 12.9. The molecule has 1 heterocycles. The molecular weight excluding hydrogens is 353 g/mol. The predicted octanol–water partition coefficient (Wildman–Crippen LogP) is 2.97. The van der Waals surface area contributed by atoms with Crippen molar-refractivity contribution < 1.29 is 23.2 Å². The fourth-order valence-electron chi connectivity index (χ4n) is 2.28. The van der Waals surface area contributed by atoms with E-state index in [1.54, 1.807) is 20.1 Å². The van der Waals surface area contributed by atoms with Crippen molar-refractivity contribution in [2.45, 2.75) is 19.6 Å². The van der Waals surface area contributed by atoms with Gasteiger partial charge in [-0.25, -0.2) is 4.39 Å². The highest BCUT2D eigenvalue weighted by molar-refractivity contribution is 5.80. The van der Waals surface area contributed by atoms with Crippen LogP contribution in [0.25, 0.3) is 11.4 Å². The molecule has 0 saturated carbocycles. The molecule has 0 bridgehead atoms. The maximum Gasteiger partial charge on any atom is 0.261 e. The lowest BCUT2D eigenvalue weighted by Gasteiger charge is -2.13. The van der Waals surface area contributed by atoms with E-state index in [2.05, 4.69) is 15.5 Å². The van der Waals surface area contributed by atoms with Crippen LogP contribution in [0.3, 0.4) is 0 Å². The SMILES string of the molecule is COc1cccc(-c2noc(CNC(=O)[C@@H](C)Oc3ccc(F)cc3)n2)c1. The van der Waals surface area contributed by atoms with Crippen LogP contribution in [0.5, 0.6) is 11.5 Å². The zero-order chi connectivity index (χ0) is 19.2. The summed E-state index contributed by atoms with van der Waals surface area (Å²) < 4.78 is 28.7. The van der Waals surface area contributed by atoms with Crippen LogP contribution in [0.15, 0.2) is 53.1 Å². The monoisotopic (exact) mass is 371 g/mol. The van der Waals surface area contributed by atoms with Crippen LogP contribution in [0.1, 0.15) is 12.8 Å². The number of hydrogen-bond donors (Lipinski definition) is 1. The third-order valence-corrected chi connectivity index (χ3v) is 3.71. The molecular formula is C19H18FN3O4. The average Bonchev–Trinajstić information content (AvgIpc) is 3.17. The van der Waals surface area contributed by atoms with Gasteiger partial charge in [0.1, 0.15) is 17.3 Å². The Morgan fingerprint density at radius 3 is 2.74 bits per heavy atom. The van der Waals surface area contributed by atoms with Crippen molar-refractivity contribution in [3.05, 3.63) is 60.2 Å². The lowest BCUT2D eigenvalue weighted by atomic mass is 10.2. The molecule has 1 N–H and O–H groups in total. The summed E-state index contributed by atoms with van der Waals surface area (Å²) in [6.07, 6.45) is -0.767. The van der Waals surface area contributed by atoms with Gasteiger partial charge in [-0.15, -0.1) is 0 Å². The van der Waals surface area contributed by atoms with Gasteiger partial charge in [0.25, 0.3) is 5.91 Å². The van der Waals surface area contributed by atoms with Crippen molar-refractivity contribution in [2.75, 3.05) is 7.11 Å². The summed E-state index contributed by atoms with van der Waals surface area (Å²) in [5, 5.41) is 6.56. The molecule has 27 heavy (non-hydrogen) atoms. The molecule has 0 spiro atoms. The largest absolute Gasteiger partial charge is 0.497 e. The molecule has 3 aromatic rings. The second-order valence-corrected chi connectivity index (χ2v) is 5.68. The van der Waals surface area contributed by atoms with Crippen molar-refractivity contribution in [1.29, 1.82) is 0 Å². The van der Waals surface area contributed by atoms with E-state index in [1.807, 2.05) is 18.2 Å². The van der Waals surface area contributed by atoms with E-state index in [4.69, 9.17) is 14.0 Å². The Hall–Kier alpha value is -3.42. The first kappa shape index (κ1) is 18.4. The minimum atomic E-state index is -0.767. The summed E-state index contributed by atoms with van der Waals surface area (Å²) in [6.45, 7) is 1.65. The molecule has 1 amide bonds. The smallest absolute Gasteiger partial charge is 0.261 e. The Bertz CT molecular complexity index is 911. The number of ether oxygens (including phenoxy) is 2. The van der Waals surface area contributed by atoms with E-state index < -0.39 is 6.10 Å². The van der Waals surface area contributed by atoms with Crippen LogP contribution in [-0.4, -0.2) is 29.3 Å². The standard InChI is InChI=1S/C19H18FN3O4/c1-12(26-15-8-6-14(20)7-9-15)19(24)21-11-17-22-18(23-27-17)13-4-3-5-16(10-13)25-2/h3-10,12H,11H2,1-2H3,(H,21,24)/t12-/m1/s1. The lowest BCUT2D eigenvalue weighted by molar-refractivity contribution is -0.127. The van der Waals surface area contributed by atoms with Gasteiger partial charge in [0.15, 0.2) is 6.10 Å². The number of methoxy groups -OCH3 is 1. The lowest BCUT2D eigenvalue weighted by Crippen LogP contribution is -2.35. The van der Waals surface area contributed by atoms with Crippen LogP contribution in [0.4, 0.5) is 4.39 Å². The van der Waals surface area contributed by atoms with E-state index >= 15 is 0 Å². The molecule has 7 nitrogen and oxygen atoms in total. The minimum Gasteiger partial charge on any atom is -0.497 e. The number of rotatable bonds is 7. The molecule has 0 aliphatic rings. The van der Waals surface area contributed by atoms with Crippen LogP contribution >= 0.6 is 0 Å². The van der Waals surface area contributed by atoms with Gasteiger partial charge in [-0.3, -0.25) is 4.79 Å². The Labute approximate surface area is 155 Å². The molecule has 0 unspecified atom stereocenters. The number of nitrogens with zero attached hydrogens (tertiary/aromatic N) is 2. The molecule has 0 radical (unpaired) electrons. The van der Waals surface area contributed by atoms with Crippen molar-refractivity contribution in [2.24, 2.45) is 0 Å². The number of carbonyl (C=O) groups is 1. The quantitative estimate of drug-likeness (QED) is 0.687. The zero-order valence-corrected chi connectivity index (χ0v) is 14.8. The number of aromatic nitrogens is 2. The first-order chi connectivity index (χ1) is 13.0. The number of amides is 1. The number of carbonyl (C=O) groups excluding carboxylic acids is 1. The number of nitrogens with one attached hydrogen (secondary N) is 1. The highest BCUT2D eigenvalue weighted by Gasteiger charge is 2.16. The molecule has 1 atom stereocenters. The van der Waals surface area contributed by atoms with E-state index in [9.17, 15) is 9.18 Å². The van der Waals surface area contributed by atoms with Crippen LogP contribution < -0.4 is 14.8 Å². The third-order valence-electron chi connectivity index (χ3n) is 3.71. The van der Waals surface area contributed by atoms with Gasteiger partial charge < -0.3 is 19.3 Å². The van der Waals surface area contributed by atoms with Crippen LogP contribution in [0, 0.1) is 5.82 Å². The van der Waals surface area contributed by atoms with Crippen molar-refractivity contribution in [3.63, 3.8) is 0 Å². The average molecular weight is 371 g/mol. The highest BCUT2D eigenvalue weighted by atomic mass is 19.1. The summed E-state index contributed by atoms with van der Waals surface area (Å²) in [4.78, 5) is 16.4. The fraction of sp³-hybridized carbons (Fsp3) is 0.211. The van der Waals surface area contributed by atoms with Gasteiger partial charge in [-0.1, -0.05) is 17.3 Å². The molecule has 140 valence electrons. The highest BCUT2D eigenvalue weighted by Crippen LogP contribution is 2.21. The third kappa shape index (κ3) is 4.81.